The Hall–Kier alpha value is -0.400. The summed E-state index contributed by atoms with van der Waals surface area (Å²) in [4.78, 5) is 11.3. The average molecular weight is 289 g/mol. The van der Waals surface area contributed by atoms with Gasteiger partial charge in [-0.2, -0.15) is 4.91 Å². The molecule has 0 amide bonds. The smallest absolute Gasteiger partial charge is 0.0975 e. The van der Waals surface area contributed by atoms with Crippen molar-refractivity contribution in [2.24, 2.45) is 39.7 Å². The van der Waals surface area contributed by atoms with Gasteiger partial charge in [0.2, 0.25) is 0 Å². The molecule has 2 nitrogen and oxygen atoms in total. The molecule has 0 spiro atoms. The van der Waals surface area contributed by atoms with Crippen molar-refractivity contribution in [3.05, 3.63) is 4.91 Å². The second-order valence-corrected chi connectivity index (χ2v) is 9.15. The van der Waals surface area contributed by atoms with E-state index in [0.29, 0.717) is 5.41 Å². The largest absolute Gasteiger partial charge is 0.150 e. The van der Waals surface area contributed by atoms with Gasteiger partial charge in [0.1, 0.15) is 0 Å². The van der Waals surface area contributed by atoms with Crippen molar-refractivity contribution < 1.29 is 0 Å². The fourth-order valence-corrected chi connectivity index (χ4v) is 7.44. The number of nitroso groups, excluding NO2 is 1. The maximum absolute atomic E-state index is 11.3. The first kappa shape index (κ1) is 14.2. The number of fused-ring (bicyclic) bond motifs is 5. The molecule has 118 valence electrons. The Morgan fingerprint density at radius 2 is 1.62 bits per heavy atom. The predicted molar refractivity (Wildman–Crippen MR) is 85.9 cm³/mol. The Morgan fingerprint density at radius 3 is 2.43 bits per heavy atom. The van der Waals surface area contributed by atoms with Crippen molar-refractivity contribution >= 4 is 0 Å². The van der Waals surface area contributed by atoms with Crippen LogP contribution in [0.5, 0.6) is 0 Å². The Kier molecular flexibility index (Phi) is 3.25. The van der Waals surface area contributed by atoms with Gasteiger partial charge in [-0.15, -0.1) is 0 Å². The molecule has 0 heterocycles. The molecular weight excluding hydrogens is 258 g/mol. The van der Waals surface area contributed by atoms with Crippen LogP contribution < -0.4 is 0 Å². The Morgan fingerprint density at radius 1 is 0.810 bits per heavy atom. The van der Waals surface area contributed by atoms with Crippen LogP contribution in [0.2, 0.25) is 0 Å². The maximum atomic E-state index is 11.3. The van der Waals surface area contributed by atoms with Crippen molar-refractivity contribution in [1.82, 2.24) is 0 Å². The van der Waals surface area contributed by atoms with Gasteiger partial charge >= 0.3 is 0 Å². The molecule has 2 heteroatoms. The van der Waals surface area contributed by atoms with E-state index in [1.807, 2.05) is 0 Å². The molecule has 7 atom stereocenters. The van der Waals surface area contributed by atoms with Crippen LogP contribution in [0, 0.1) is 39.4 Å². The molecule has 4 rings (SSSR count). The first-order chi connectivity index (χ1) is 10.1. The Labute approximate surface area is 129 Å². The lowest BCUT2D eigenvalue weighted by molar-refractivity contribution is -0.105. The molecule has 0 saturated heterocycles. The quantitative estimate of drug-likeness (QED) is 0.581. The zero-order valence-electron chi connectivity index (χ0n) is 13.8. The van der Waals surface area contributed by atoms with Gasteiger partial charge in [0.05, 0.1) is 6.04 Å². The first-order valence-corrected chi connectivity index (χ1v) is 9.42. The summed E-state index contributed by atoms with van der Waals surface area (Å²) in [6.45, 7) is 5.02. The minimum absolute atomic E-state index is 0.111. The van der Waals surface area contributed by atoms with Crippen molar-refractivity contribution in [3.8, 4) is 0 Å². The normalized spacial score (nSPS) is 56.2. The minimum Gasteiger partial charge on any atom is -0.150 e. The molecule has 4 saturated carbocycles. The lowest BCUT2D eigenvalue weighted by Crippen LogP contribution is -2.53. The van der Waals surface area contributed by atoms with E-state index in [9.17, 15) is 4.91 Å². The second-order valence-electron chi connectivity index (χ2n) is 9.15. The van der Waals surface area contributed by atoms with E-state index in [2.05, 4.69) is 19.0 Å². The van der Waals surface area contributed by atoms with Crippen molar-refractivity contribution in [1.29, 1.82) is 0 Å². The molecule has 0 aliphatic heterocycles. The first-order valence-electron chi connectivity index (χ1n) is 9.42. The molecule has 4 aliphatic carbocycles. The van der Waals surface area contributed by atoms with E-state index in [0.717, 1.165) is 30.1 Å². The minimum atomic E-state index is 0.111. The third kappa shape index (κ3) is 1.83. The van der Waals surface area contributed by atoms with Crippen LogP contribution in [-0.4, -0.2) is 6.04 Å². The monoisotopic (exact) mass is 289 g/mol. The molecule has 0 aromatic heterocycles. The number of rotatable bonds is 1. The summed E-state index contributed by atoms with van der Waals surface area (Å²) in [6, 6.07) is 0.111. The van der Waals surface area contributed by atoms with Gasteiger partial charge in [0.25, 0.3) is 0 Å². The van der Waals surface area contributed by atoms with Crippen LogP contribution in [0.25, 0.3) is 0 Å². The van der Waals surface area contributed by atoms with Gasteiger partial charge < -0.3 is 0 Å². The van der Waals surface area contributed by atoms with Crippen molar-refractivity contribution in [2.45, 2.75) is 84.1 Å². The summed E-state index contributed by atoms with van der Waals surface area (Å²) in [5.74, 6) is 3.63. The van der Waals surface area contributed by atoms with E-state index < -0.39 is 0 Å². The van der Waals surface area contributed by atoms with Crippen LogP contribution in [0.4, 0.5) is 0 Å². The summed E-state index contributed by atoms with van der Waals surface area (Å²) in [5.41, 5.74) is 0.857. The van der Waals surface area contributed by atoms with Gasteiger partial charge in [-0.25, -0.2) is 0 Å². The highest BCUT2D eigenvalue weighted by molar-refractivity contribution is 5.10. The van der Waals surface area contributed by atoms with E-state index in [1.54, 1.807) is 0 Å². The molecule has 0 aromatic carbocycles. The lowest BCUT2D eigenvalue weighted by atomic mass is 9.45. The average Bonchev–Trinajstić information content (AvgIpc) is 2.83. The Balaban J connectivity index is 1.64. The number of nitrogens with zero attached hydrogens (tertiary/aromatic N) is 1. The van der Waals surface area contributed by atoms with Gasteiger partial charge in [-0.3, -0.25) is 0 Å². The maximum Gasteiger partial charge on any atom is 0.0975 e. The van der Waals surface area contributed by atoms with E-state index in [4.69, 9.17) is 0 Å². The van der Waals surface area contributed by atoms with Crippen LogP contribution in [-0.2, 0) is 0 Å². The summed E-state index contributed by atoms with van der Waals surface area (Å²) in [6.07, 6.45) is 13.8. The summed E-state index contributed by atoms with van der Waals surface area (Å²) >= 11 is 0. The highest BCUT2D eigenvalue weighted by Gasteiger charge is 2.60. The van der Waals surface area contributed by atoms with Crippen LogP contribution in [0.15, 0.2) is 5.18 Å². The molecule has 2 unspecified atom stereocenters. The van der Waals surface area contributed by atoms with Crippen molar-refractivity contribution in [3.63, 3.8) is 0 Å². The Bertz CT molecular complexity index is 435. The van der Waals surface area contributed by atoms with E-state index in [1.165, 1.54) is 57.8 Å². The van der Waals surface area contributed by atoms with Crippen molar-refractivity contribution in [2.75, 3.05) is 0 Å². The molecular formula is C19H31NO. The predicted octanol–water partition coefficient (Wildman–Crippen LogP) is 5.55. The summed E-state index contributed by atoms with van der Waals surface area (Å²) in [5, 5.41) is 3.53. The topological polar surface area (TPSA) is 29.4 Å². The standard InChI is InChI=1S/C19H31NO/c1-18-11-4-3-5-13(18)6-7-14-15-8-9-17(20-21)19(15,2)12-10-16(14)18/h13-17H,3-12H2,1-2H3/t13?,14-,15-,16+,17?,18-,19-/m0/s1. The van der Waals surface area contributed by atoms with Crippen LogP contribution in [0.3, 0.4) is 0 Å². The van der Waals surface area contributed by atoms with Gasteiger partial charge in [-0.05, 0) is 85.9 Å². The molecule has 4 fully saturated rings. The highest BCUT2D eigenvalue weighted by atomic mass is 16.3. The SMILES string of the molecule is C[C@]12CCCCC1CC[C@@H]1[C@H]2CC[C@]2(C)C(N=O)CC[C@@H]12. The van der Waals surface area contributed by atoms with Gasteiger partial charge in [-0.1, -0.05) is 31.9 Å². The second kappa shape index (κ2) is 4.80. The fraction of sp³-hybridized carbons (Fsp3) is 1.00. The van der Waals surface area contributed by atoms with E-state index >= 15 is 0 Å². The summed E-state index contributed by atoms with van der Waals surface area (Å²) < 4.78 is 0. The molecule has 4 aliphatic rings. The third-order valence-corrected chi connectivity index (χ3v) is 8.66. The van der Waals surface area contributed by atoms with Gasteiger partial charge in [0.15, 0.2) is 0 Å². The molecule has 0 radical (unpaired) electrons. The molecule has 0 aromatic rings. The highest BCUT2D eigenvalue weighted by Crippen LogP contribution is 2.66. The third-order valence-electron chi connectivity index (χ3n) is 8.66. The number of hydrogen-bond donors (Lipinski definition) is 0. The van der Waals surface area contributed by atoms with Crippen LogP contribution in [0.1, 0.15) is 78.1 Å². The summed E-state index contributed by atoms with van der Waals surface area (Å²) in [7, 11) is 0. The lowest BCUT2D eigenvalue weighted by Gasteiger charge is -2.60. The zero-order chi connectivity index (χ0) is 14.7. The molecule has 21 heavy (non-hydrogen) atoms. The molecule has 0 bridgehead atoms. The van der Waals surface area contributed by atoms with Gasteiger partial charge in [0, 0.05) is 0 Å². The number of hydrogen-bond acceptors (Lipinski definition) is 2. The van der Waals surface area contributed by atoms with E-state index in [-0.39, 0.29) is 11.5 Å². The zero-order valence-corrected chi connectivity index (χ0v) is 13.8. The molecule has 0 N–H and O–H groups in total. The fourth-order valence-electron chi connectivity index (χ4n) is 7.44. The van der Waals surface area contributed by atoms with Crippen LogP contribution >= 0.6 is 0 Å².